The van der Waals surface area contributed by atoms with Crippen LogP contribution >= 0.6 is 0 Å². The number of hydrogen-bond acceptors (Lipinski definition) is 5. The molecule has 10 heteroatoms. The zero-order valence-electron chi connectivity index (χ0n) is 14.4. The molecule has 140 valence electrons. The molecule has 0 radical (unpaired) electrons. The van der Waals surface area contributed by atoms with E-state index in [2.05, 4.69) is 25.5 Å². The van der Waals surface area contributed by atoms with Gasteiger partial charge in [0.05, 0.1) is 11.3 Å². The zero-order chi connectivity index (χ0) is 18.9. The summed E-state index contributed by atoms with van der Waals surface area (Å²) in [6.45, 7) is 4.55. The molecule has 7 nitrogen and oxygen atoms in total. The number of aromatic amines is 1. The molecule has 0 bridgehead atoms. The molecule has 0 aromatic carbocycles. The Balaban J connectivity index is 1.60. The Labute approximate surface area is 148 Å². The zero-order valence-corrected chi connectivity index (χ0v) is 14.4. The summed E-state index contributed by atoms with van der Waals surface area (Å²) in [4.78, 5) is 21.4. The second-order valence-electron chi connectivity index (χ2n) is 6.30. The molecule has 3 rings (SSSR count). The Hall–Kier alpha value is -2.65. The van der Waals surface area contributed by atoms with Gasteiger partial charge in [-0.2, -0.15) is 18.3 Å². The van der Waals surface area contributed by atoms with Gasteiger partial charge in [0.2, 0.25) is 0 Å². The van der Waals surface area contributed by atoms with Crippen LogP contribution in [0.15, 0.2) is 12.4 Å². The molecule has 1 fully saturated rings. The number of carbonyl (C=O) groups is 1. The van der Waals surface area contributed by atoms with Gasteiger partial charge in [-0.25, -0.2) is 9.97 Å². The van der Waals surface area contributed by atoms with E-state index < -0.39 is 11.9 Å². The fraction of sp³-hybridized carbons (Fsp3) is 0.500. The molecule has 0 unspecified atom stereocenters. The summed E-state index contributed by atoms with van der Waals surface area (Å²) in [6.07, 6.45) is -2.33. The highest BCUT2D eigenvalue weighted by atomic mass is 19.4. The van der Waals surface area contributed by atoms with Crippen LogP contribution in [0.25, 0.3) is 0 Å². The number of nitrogens with zero attached hydrogens (tertiary/aromatic N) is 4. The molecule has 1 amide bonds. The smallest absolute Gasteiger partial charge is 0.356 e. The highest BCUT2D eigenvalue weighted by Crippen LogP contribution is 2.29. The molecule has 26 heavy (non-hydrogen) atoms. The number of carbonyl (C=O) groups excluding carboxylic acids is 1. The van der Waals surface area contributed by atoms with Gasteiger partial charge in [-0.1, -0.05) is 0 Å². The van der Waals surface area contributed by atoms with Crippen LogP contribution in [0.2, 0.25) is 0 Å². The van der Waals surface area contributed by atoms with E-state index in [1.54, 1.807) is 18.7 Å². The van der Waals surface area contributed by atoms with Crippen LogP contribution in [0.4, 0.5) is 19.0 Å². The van der Waals surface area contributed by atoms with E-state index in [9.17, 15) is 18.0 Å². The number of rotatable bonds is 3. The average Bonchev–Trinajstić information content (AvgIpc) is 2.93. The first kappa shape index (κ1) is 18.2. The number of alkyl halides is 3. The number of hydrogen-bond donors (Lipinski definition) is 2. The van der Waals surface area contributed by atoms with E-state index in [1.807, 2.05) is 0 Å². The van der Waals surface area contributed by atoms with Crippen molar-refractivity contribution in [1.29, 1.82) is 0 Å². The third kappa shape index (κ3) is 3.78. The molecule has 0 aliphatic carbocycles. The molecular weight excluding hydrogens is 349 g/mol. The maximum absolute atomic E-state index is 12.8. The number of H-pyrrole nitrogens is 1. The number of aromatic nitrogens is 4. The number of amides is 1. The second-order valence-corrected chi connectivity index (χ2v) is 6.30. The van der Waals surface area contributed by atoms with E-state index in [-0.39, 0.29) is 17.8 Å². The number of piperidine rings is 1. The van der Waals surface area contributed by atoms with Gasteiger partial charge in [-0.3, -0.25) is 9.89 Å². The highest BCUT2D eigenvalue weighted by Gasteiger charge is 2.33. The quantitative estimate of drug-likeness (QED) is 0.868. The molecule has 3 heterocycles. The van der Waals surface area contributed by atoms with Crippen molar-refractivity contribution in [3.05, 3.63) is 35.0 Å². The number of anilines is 1. The lowest BCUT2D eigenvalue weighted by Crippen LogP contribution is -2.45. The molecule has 0 atom stereocenters. The van der Waals surface area contributed by atoms with Gasteiger partial charge in [-0.05, 0) is 26.7 Å². The van der Waals surface area contributed by atoms with E-state index in [0.29, 0.717) is 42.9 Å². The normalized spacial score (nSPS) is 16.0. The fourth-order valence-electron chi connectivity index (χ4n) is 3.07. The van der Waals surface area contributed by atoms with Crippen molar-refractivity contribution in [2.24, 2.45) is 0 Å². The lowest BCUT2D eigenvalue weighted by atomic mass is 10.0. The minimum Gasteiger partial charge on any atom is -0.356 e. The summed E-state index contributed by atoms with van der Waals surface area (Å²) in [5.41, 5.74) is 0.929. The van der Waals surface area contributed by atoms with E-state index in [1.165, 1.54) is 0 Å². The fourth-order valence-corrected chi connectivity index (χ4v) is 3.07. The van der Waals surface area contributed by atoms with Crippen molar-refractivity contribution >= 4 is 11.7 Å². The first-order valence-electron chi connectivity index (χ1n) is 8.22. The van der Waals surface area contributed by atoms with Crippen LogP contribution in [-0.2, 0) is 6.18 Å². The topological polar surface area (TPSA) is 86.8 Å². The van der Waals surface area contributed by atoms with E-state index in [4.69, 9.17) is 0 Å². The molecule has 2 N–H and O–H groups in total. The van der Waals surface area contributed by atoms with Crippen molar-refractivity contribution in [2.45, 2.75) is 38.9 Å². The molecule has 1 aliphatic rings. The minimum absolute atomic E-state index is 0.0450. The summed E-state index contributed by atoms with van der Waals surface area (Å²) >= 11 is 0. The van der Waals surface area contributed by atoms with Crippen molar-refractivity contribution in [2.75, 3.05) is 18.0 Å². The van der Waals surface area contributed by atoms with Crippen molar-refractivity contribution in [1.82, 2.24) is 25.5 Å². The van der Waals surface area contributed by atoms with Gasteiger partial charge in [0.25, 0.3) is 5.91 Å². The third-order valence-corrected chi connectivity index (χ3v) is 4.45. The maximum atomic E-state index is 12.8. The van der Waals surface area contributed by atoms with Gasteiger partial charge >= 0.3 is 6.18 Å². The highest BCUT2D eigenvalue weighted by molar-refractivity contribution is 5.96. The SMILES string of the molecule is Cc1n[nH]c(C)c1C(=O)NC1CCN(c2cc(C(F)(F)F)ncn2)CC1. The van der Waals surface area contributed by atoms with Crippen LogP contribution in [0.5, 0.6) is 0 Å². The van der Waals surface area contributed by atoms with E-state index in [0.717, 1.165) is 12.4 Å². The molecular formula is C16H19F3N6O. The molecule has 1 saturated heterocycles. The lowest BCUT2D eigenvalue weighted by molar-refractivity contribution is -0.141. The Morgan fingerprint density at radius 2 is 1.96 bits per heavy atom. The van der Waals surface area contributed by atoms with Gasteiger partial charge < -0.3 is 10.2 Å². The largest absolute Gasteiger partial charge is 0.433 e. The molecule has 2 aromatic rings. The van der Waals surface area contributed by atoms with Crippen LogP contribution in [0.3, 0.4) is 0 Å². The predicted octanol–water partition coefficient (Wildman–Crippen LogP) is 2.23. The van der Waals surface area contributed by atoms with Crippen LogP contribution in [-0.4, -0.2) is 45.2 Å². The Bertz CT molecular complexity index is 776. The van der Waals surface area contributed by atoms with Gasteiger partial charge in [0, 0.05) is 30.9 Å². The van der Waals surface area contributed by atoms with Crippen LogP contribution in [0.1, 0.15) is 40.3 Å². The third-order valence-electron chi connectivity index (χ3n) is 4.45. The molecule has 1 aliphatic heterocycles. The number of nitrogens with one attached hydrogen (secondary N) is 2. The molecule has 2 aromatic heterocycles. The van der Waals surface area contributed by atoms with Gasteiger partial charge in [0.1, 0.15) is 17.8 Å². The minimum atomic E-state index is -4.50. The Morgan fingerprint density at radius 1 is 1.27 bits per heavy atom. The summed E-state index contributed by atoms with van der Waals surface area (Å²) in [5, 5.41) is 9.76. The molecule has 0 saturated carbocycles. The number of halogens is 3. The number of aryl methyl sites for hydroxylation is 2. The lowest BCUT2D eigenvalue weighted by Gasteiger charge is -2.33. The summed E-state index contributed by atoms with van der Waals surface area (Å²) < 4.78 is 38.3. The summed E-state index contributed by atoms with van der Waals surface area (Å²) in [5.74, 6) is 0.0622. The predicted molar refractivity (Wildman–Crippen MR) is 87.8 cm³/mol. The van der Waals surface area contributed by atoms with Gasteiger partial charge in [0.15, 0.2) is 0 Å². The van der Waals surface area contributed by atoms with Crippen molar-refractivity contribution in [3.63, 3.8) is 0 Å². The standard InChI is InChI=1S/C16H19F3N6O/c1-9-14(10(2)24-23-9)15(26)22-11-3-5-25(6-4-11)13-7-12(16(17,18)19)20-8-21-13/h7-8,11H,3-6H2,1-2H3,(H,22,26)(H,23,24). The summed E-state index contributed by atoms with van der Waals surface area (Å²) in [6, 6.07) is 0.910. The first-order valence-corrected chi connectivity index (χ1v) is 8.22. The monoisotopic (exact) mass is 368 g/mol. The van der Waals surface area contributed by atoms with Crippen molar-refractivity contribution in [3.8, 4) is 0 Å². The van der Waals surface area contributed by atoms with Crippen molar-refractivity contribution < 1.29 is 18.0 Å². The molecule has 0 spiro atoms. The average molecular weight is 368 g/mol. The van der Waals surface area contributed by atoms with E-state index >= 15 is 0 Å². The van der Waals surface area contributed by atoms with Gasteiger partial charge in [-0.15, -0.1) is 0 Å². The maximum Gasteiger partial charge on any atom is 0.433 e. The van der Waals surface area contributed by atoms with Crippen LogP contribution < -0.4 is 10.2 Å². The summed E-state index contributed by atoms with van der Waals surface area (Å²) in [7, 11) is 0. The second kappa shape index (κ2) is 6.93. The van der Waals surface area contributed by atoms with Crippen LogP contribution in [0, 0.1) is 13.8 Å². The first-order chi connectivity index (χ1) is 12.3. The Morgan fingerprint density at radius 3 is 2.54 bits per heavy atom. The Kier molecular flexibility index (Phi) is 4.84.